The van der Waals surface area contributed by atoms with E-state index < -0.39 is 5.91 Å². The molecule has 8 nitrogen and oxygen atoms in total. The summed E-state index contributed by atoms with van der Waals surface area (Å²) in [6, 6.07) is 4.42. The molecule has 4 rings (SSSR count). The number of hydrogen-bond acceptors (Lipinski definition) is 7. The molecule has 1 N–H and O–H groups in total. The molecule has 3 atom stereocenters. The average Bonchev–Trinajstić information content (AvgIpc) is 3.16. The zero-order valence-electron chi connectivity index (χ0n) is 17.1. The summed E-state index contributed by atoms with van der Waals surface area (Å²) in [4.78, 5) is 39.8. The molecular formula is C22H25N3O5. The van der Waals surface area contributed by atoms with Gasteiger partial charge in [0.15, 0.2) is 11.5 Å². The third-order valence-electron chi connectivity index (χ3n) is 6.31. The fourth-order valence-electron chi connectivity index (χ4n) is 4.72. The van der Waals surface area contributed by atoms with Crippen LogP contribution in [-0.4, -0.2) is 47.4 Å². The number of azo groups is 1. The van der Waals surface area contributed by atoms with E-state index in [9.17, 15) is 19.5 Å². The highest BCUT2D eigenvalue weighted by Gasteiger charge is 2.44. The van der Waals surface area contributed by atoms with Crippen molar-refractivity contribution in [3.05, 3.63) is 40.8 Å². The summed E-state index contributed by atoms with van der Waals surface area (Å²) in [6.07, 6.45) is 4.01. The molecule has 1 aliphatic heterocycles. The van der Waals surface area contributed by atoms with Gasteiger partial charge in [0.1, 0.15) is 5.76 Å². The number of Topliss-reactive ketones (excluding diaryl/α,β-unsaturated/α-hetero) is 1. The van der Waals surface area contributed by atoms with Crippen LogP contribution in [0.15, 0.2) is 39.9 Å². The topological polar surface area (TPSA) is 109 Å². The first kappa shape index (κ1) is 20.4. The van der Waals surface area contributed by atoms with E-state index in [0.29, 0.717) is 6.42 Å². The van der Waals surface area contributed by atoms with Gasteiger partial charge in [0.2, 0.25) is 0 Å². The first-order valence-electron chi connectivity index (χ1n) is 10.4. The lowest BCUT2D eigenvalue weighted by Crippen LogP contribution is -2.42. The van der Waals surface area contributed by atoms with Crippen molar-refractivity contribution in [2.45, 2.75) is 45.1 Å². The van der Waals surface area contributed by atoms with E-state index in [-0.39, 0.29) is 64.4 Å². The predicted octanol–water partition coefficient (Wildman–Crippen LogP) is 3.95. The molecule has 2 aliphatic carbocycles. The van der Waals surface area contributed by atoms with Crippen molar-refractivity contribution in [1.82, 2.24) is 4.90 Å². The normalized spacial score (nSPS) is 24.7. The second kappa shape index (κ2) is 8.10. The molecule has 1 aromatic rings. The first-order valence-corrected chi connectivity index (χ1v) is 10.4. The summed E-state index contributed by atoms with van der Waals surface area (Å²) >= 11 is 0. The van der Waals surface area contributed by atoms with Crippen LogP contribution >= 0.6 is 0 Å². The van der Waals surface area contributed by atoms with Crippen LogP contribution in [0.4, 0.5) is 5.69 Å². The van der Waals surface area contributed by atoms with Crippen molar-refractivity contribution < 1.29 is 24.2 Å². The smallest absolute Gasteiger partial charge is 0.264 e. The van der Waals surface area contributed by atoms with Gasteiger partial charge in [-0.15, -0.1) is 10.2 Å². The van der Waals surface area contributed by atoms with Gasteiger partial charge in [-0.2, -0.15) is 0 Å². The van der Waals surface area contributed by atoms with Crippen molar-refractivity contribution in [2.24, 2.45) is 22.1 Å². The maximum Gasteiger partial charge on any atom is 0.264 e. The number of carbonyl (C=O) groups excluding carboxylic acids is 3. The number of benzene rings is 1. The van der Waals surface area contributed by atoms with Crippen LogP contribution in [0.5, 0.6) is 0 Å². The van der Waals surface area contributed by atoms with Crippen molar-refractivity contribution in [1.29, 1.82) is 0 Å². The summed E-state index contributed by atoms with van der Waals surface area (Å²) in [7, 11) is 1.52. The lowest BCUT2D eigenvalue weighted by atomic mass is 9.80. The molecule has 8 heteroatoms. The average molecular weight is 411 g/mol. The summed E-state index contributed by atoms with van der Waals surface area (Å²) in [5.41, 5.74) is 0.618. The number of allylic oxidation sites excluding steroid dienone is 2. The minimum absolute atomic E-state index is 0.00352. The molecule has 0 bridgehead atoms. The van der Waals surface area contributed by atoms with Crippen LogP contribution in [-0.2, 0) is 9.53 Å². The highest BCUT2D eigenvalue weighted by molar-refractivity contribution is 6.23. The SMILES string of the molecule is CCC(COC)N1C(=O)c2cccc(N=NC3=C(O)C4CCCCC4C3=O)c2C1=O. The Balaban J connectivity index is 1.66. The van der Waals surface area contributed by atoms with E-state index in [0.717, 1.165) is 25.7 Å². The molecule has 158 valence electrons. The second-order valence-electron chi connectivity index (χ2n) is 7.99. The Morgan fingerprint density at radius 3 is 2.53 bits per heavy atom. The molecule has 2 amide bonds. The minimum atomic E-state index is -0.446. The molecular weight excluding hydrogens is 386 g/mol. The number of hydrogen-bond donors (Lipinski definition) is 1. The number of carbonyl (C=O) groups is 3. The molecule has 0 saturated heterocycles. The Labute approximate surface area is 174 Å². The molecule has 0 radical (unpaired) electrons. The van der Waals surface area contributed by atoms with Gasteiger partial charge in [-0.1, -0.05) is 25.8 Å². The molecule has 1 heterocycles. The fraction of sp³-hybridized carbons (Fsp3) is 0.500. The van der Waals surface area contributed by atoms with Gasteiger partial charge in [0.05, 0.1) is 29.5 Å². The Morgan fingerprint density at radius 1 is 1.13 bits per heavy atom. The largest absolute Gasteiger partial charge is 0.510 e. The quantitative estimate of drug-likeness (QED) is 0.563. The van der Waals surface area contributed by atoms with Crippen LogP contribution < -0.4 is 0 Å². The maximum atomic E-state index is 13.1. The molecule has 3 aliphatic rings. The molecule has 0 aromatic heterocycles. The number of imide groups is 1. The fourth-order valence-corrected chi connectivity index (χ4v) is 4.72. The number of rotatable bonds is 6. The molecule has 30 heavy (non-hydrogen) atoms. The van der Waals surface area contributed by atoms with Gasteiger partial charge in [0, 0.05) is 18.9 Å². The van der Waals surface area contributed by atoms with Gasteiger partial charge in [-0.25, -0.2) is 0 Å². The molecule has 0 spiro atoms. The summed E-state index contributed by atoms with van der Waals surface area (Å²) in [5.74, 6) is -1.44. The van der Waals surface area contributed by atoms with Crippen LogP contribution in [0.1, 0.15) is 59.7 Å². The van der Waals surface area contributed by atoms with Gasteiger partial charge in [-0.3, -0.25) is 19.3 Å². The summed E-state index contributed by atoms with van der Waals surface area (Å²) < 4.78 is 5.16. The molecule has 3 unspecified atom stereocenters. The standard InChI is InChI=1S/C22H25N3O5/c1-3-12(11-30-2)25-21(28)15-9-6-10-16(17(15)22(25)29)23-24-18-19(26)13-7-4-5-8-14(13)20(18)27/h6,9-10,12-14,26H,3-5,7-8,11H2,1-2H3. The van der Waals surface area contributed by atoms with Crippen molar-refractivity contribution >= 4 is 23.3 Å². The maximum absolute atomic E-state index is 13.1. The highest BCUT2D eigenvalue weighted by Crippen LogP contribution is 2.43. The van der Waals surface area contributed by atoms with E-state index in [1.165, 1.54) is 12.0 Å². The van der Waals surface area contributed by atoms with Gasteiger partial charge >= 0.3 is 0 Å². The lowest BCUT2D eigenvalue weighted by molar-refractivity contribution is -0.120. The van der Waals surface area contributed by atoms with E-state index in [4.69, 9.17) is 4.74 Å². The number of nitrogens with zero attached hydrogens (tertiary/aromatic N) is 3. The number of aliphatic hydroxyl groups excluding tert-OH is 1. The van der Waals surface area contributed by atoms with Gasteiger partial charge in [0.25, 0.3) is 11.8 Å². The monoisotopic (exact) mass is 411 g/mol. The van der Waals surface area contributed by atoms with Crippen molar-refractivity contribution in [3.8, 4) is 0 Å². The van der Waals surface area contributed by atoms with Crippen LogP contribution in [0.3, 0.4) is 0 Å². The number of ether oxygens (including phenoxy) is 1. The Bertz CT molecular complexity index is 968. The van der Waals surface area contributed by atoms with E-state index >= 15 is 0 Å². The highest BCUT2D eigenvalue weighted by atomic mass is 16.5. The lowest BCUT2D eigenvalue weighted by Gasteiger charge is -2.24. The van der Waals surface area contributed by atoms with E-state index in [1.54, 1.807) is 18.2 Å². The summed E-state index contributed by atoms with van der Waals surface area (Å²) in [5, 5.41) is 18.7. The Kier molecular flexibility index (Phi) is 5.51. The number of ketones is 1. The molecule has 1 aromatic carbocycles. The van der Waals surface area contributed by atoms with Gasteiger partial charge in [-0.05, 0) is 31.4 Å². The number of methoxy groups -OCH3 is 1. The zero-order chi connectivity index (χ0) is 21.4. The van der Waals surface area contributed by atoms with Crippen LogP contribution in [0, 0.1) is 11.8 Å². The van der Waals surface area contributed by atoms with Crippen LogP contribution in [0.25, 0.3) is 0 Å². The summed E-state index contributed by atoms with van der Waals surface area (Å²) in [6.45, 7) is 2.13. The minimum Gasteiger partial charge on any atom is -0.510 e. The second-order valence-corrected chi connectivity index (χ2v) is 7.99. The van der Waals surface area contributed by atoms with Crippen molar-refractivity contribution in [2.75, 3.05) is 13.7 Å². The van der Waals surface area contributed by atoms with Crippen LogP contribution in [0.2, 0.25) is 0 Å². The predicted molar refractivity (Wildman–Crippen MR) is 108 cm³/mol. The molecule has 1 fully saturated rings. The van der Waals surface area contributed by atoms with Gasteiger partial charge < -0.3 is 9.84 Å². The first-order chi connectivity index (χ1) is 14.5. The number of fused-ring (bicyclic) bond motifs is 2. The van der Waals surface area contributed by atoms with Crippen molar-refractivity contribution in [3.63, 3.8) is 0 Å². The Hall–Kier alpha value is -2.87. The molecule has 1 saturated carbocycles. The Morgan fingerprint density at radius 2 is 1.87 bits per heavy atom. The van der Waals surface area contributed by atoms with E-state index in [2.05, 4.69) is 10.2 Å². The van der Waals surface area contributed by atoms with E-state index in [1.807, 2.05) is 6.92 Å². The third-order valence-corrected chi connectivity index (χ3v) is 6.31. The number of amides is 2. The number of aliphatic hydroxyl groups is 1. The third kappa shape index (κ3) is 3.15. The zero-order valence-corrected chi connectivity index (χ0v) is 17.1.